The fraction of sp³-hybridized carbons (Fsp3) is 0.600. The SMILES string of the molecule is O=C1CC(OC(F)(F)F)[CH]O1. The number of carbonyl (C=O) groups is 1. The Kier molecular flexibility index (Phi) is 2.03. The number of hydrogen-bond donors (Lipinski definition) is 0. The second-order valence-corrected chi connectivity index (χ2v) is 1.93. The maximum atomic E-state index is 11.4. The van der Waals surface area contributed by atoms with E-state index in [1.54, 1.807) is 0 Å². The van der Waals surface area contributed by atoms with Gasteiger partial charge in [-0.1, -0.05) is 0 Å². The van der Waals surface area contributed by atoms with Crippen LogP contribution >= 0.6 is 0 Å². The smallest absolute Gasteiger partial charge is 0.455 e. The van der Waals surface area contributed by atoms with E-state index in [1.165, 1.54) is 0 Å². The van der Waals surface area contributed by atoms with E-state index < -0.39 is 18.4 Å². The maximum absolute atomic E-state index is 11.4. The van der Waals surface area contributed by atoms with Crippen LogP contribution in [0.25, 0.3) is 0 Å². The largest absolute Gasteiger partial charge is 0.522 e. The van der Waals surface area contributed by atoms with Crippen LogP contribution in [-0.4, -0.2) is 18.4 Å². The molecule has 1 heterocycles. The van der Waals surface area contributed by atoms with Crippen LogP contribution in [0.4, 0.5) is 13.2 Å². The van der Waals surface area contributed by atoms with Crippen LogP contribution < -0.4 is 0 Å². The number of halogens is 3. The van der Waals surface area contributed by atoms with E-state index in [2.05, 4.69) is 9.47 Å². The Morgan fingerprint density at radius 3 is 2.64 bits per heavy atom. The highest BCUT2D eigenvalue weighted by Crippen LogP contribution is 2.24. The molecule has 1 fully saturated rings. The van der Waals surface area contributed by atoms with Crippen LogP contribution in [0.2, 0.25) is 0 Å². The van der Waals surface area contributed by atoms with E-state index in [1.807, 2.05) is 0 Å². The van der Waals surface area contributed by atoms with Crippen molar-refractivity contribution in [2.45, 2.75) is 18.9 Å². The Labute approximate surface area is 60.1 Å². The summed E-state index contributed by atoms with van der Waals surface area (Å²) in [5, 5.41) is 0. The highest BCUT2D eigenvalue weighted by atomic mass is 19.4. The predicted octanol–water partition coefficient (Wildman–Crippen LogP) is 1.00. The Bertz CT molecular complexity index is 165. The number of esters is 1. The van der Waals surface area contributed by atoms with Crippen molar-refractivity contribution < 1.29 is 27.4 Å². The Morgan fingerprint density at radius 1 is 1.64 bits per heavy atom. The zero-order chi connectivity index (χ0) is 8.48. The molecule has 63 valence electrons. The van der Waals surface area contributed by atoms with E-state index in [0.717, 1.165) is 6.61 Å². The topological polar surface area (TPSA) is 35.5 Å². The lowest BCUT2D eigenvalue weighted by Gasteiger charge is -2.09. The van der Waals surface area contributed by atoms with Crippen molar-refractivity contribution >= 4 is 5.97 Å². The van der Waals surface area contributed by atoms with Crippen LogP contribution in [0, 0.1) is 6.61 Å². The number of carbonyl (C=O) groups excluding carboxylic acids is 1. The summed E-state index contributed by atoms with van der Waals surface area (Å²) in [7, 11) is 0. The molecule has 1 saturated heterocycles. The summed E-state index contributed by atoms with van der Waals surface area (Å²) in [6, 6.07) is 0. The average Bonchev–Trinajstić information content (AvgIpc) is 2.10. The lowest BCUT2D eigenvalue weighted by Crippen LogP contribution is -2.21. The molecule has 6 heteroatoms. The highest BCUT2D eigenvalue weighted by molar-refractivity contribution is 5.72. The molecule has 1 radical (unpaired) electrons. The molecule has 0 amide bonds. The number of alkyl halides is 3. The van der Waals surface area contributed by atoms with E-state index in [4.69, 9.17) is 0 Å². The third-order valence-corrected chi connectivity index (χ3v) is 1.00. The summed E-state index contributed by atoms with van der Waals surface area (Å²) < 4.78 is 41.9. The number of rotatable bonds is 1. The van der Waals surface area contributed by atoms with Gasteiger partial charge in [-0.15, -0.1) is 13.2 Å². The third-order valence-electron chi connectivity index (χ3n) is 1.00. The van der Waals surface area contributed by atoms with Gasteiger partial charge in [-0.05, 0) is 0 Å². The summed E-state index contributed by atoms with van der Waals surface area (Å²) in [6.45, 7) is 0.732. The van der Waals surface area contributed by atoms with Crippen LogP contribution in [0.3, 0.4) is 0 Å². The van der Waals surface area contributed by atoms with Gasteiger partial charge in [0.25, 0.3) is 0 Å². The van der Waals surface area contributed by atoms with Gasteiger partial charge in [-0.25, -0.2) is 0 Å². The molecule has 1 rings (SSSR count). The maximum Gasteiger partial charge on any atom is 0.522 e. The van der Waals surface area contributed by atoms with Gasteiger partial charge in [-0.3, -0.25) is 9.53 Å². The molecular formula is C5H4F3O3. The van der Waals surface area contributed by atoms with E-state index in [-0.39, 0.29) is 6.42 Å². The molecule has 1 aliphatic heterocycles. The molecule has 0 N–H and O–H groups in total. The standard InChI is InChI=1S/C5H4F3O3/c6-5(7,8)11-3-1-4(9)10-2-3/h2-3H,1H2. The van der Waals surface area contributed by atoms with E-state index >= 15 is 0 Å². The molecule has 0 aromatic rings. The Morgan fingerprint density at radius 2 is 2.27 bits per heavy atom. The normalized spacial score (nSPS) is 25.4. The lowest BCUT2D eigenvalue weighted by atomic mass is 10.3. The molecule has 0 saturated carbocycles. The summed E-state index contributed by atoms with van der Waals surface area (Å²) in [6.07, 6.45) is -6.38. The lowest BCUT2D eigenvalue weighted by molar-refractivity contribution is -0.338. The number of cyclic esters (lactones) is 1. The van der Waals surface area contributed by atoms with Gasteiger partial charge in [0.15, 0.2) is 6.61 Å². The van der Waals surface area contributed by atoms with Gasteiger partial charge in [0.2, 0.25) is 0 Å². The van der Waals surface area contributed by atoms with Gasteiger partial charge >= 0.3 is 12.3 Å². The molecule has 0 bridgehead atoms. The summed E-state index contributed by atoms with van der Waals surface area (Å²) in [4.78, 5) is 10.2. The van der Waals surface area contributed by atoms with Crippen LogP contribution in [0.5, 0.6) is 0 Å². The third kappa shape index (κ3) is 2.75. The highest BCUT2D eigenvalue weighted by Gasteiger charge is 2.38. The molecule has 1 atom stereocenters. The molecule has 0 aromatic heterocycles. The van der Waals surface area contributed by atoms with Crippen LogP contribution in [0.1, 0.15) is 6.42 Å². The fourth-order valence-corrected chi connectivity index (χ4v) is 0.653. The zero-order valence-corrected chi connectivity index (χ0v) is 5.22. The number of hydrogen-bond acceptors (Lipinski definition) is 3. The van der Waals surface area contributed by atoms with Crippen molar-refractivity contribution in [2.24, 2.45) is 0 Å². The monoisotopic (exact) mass is 169 g/mol. The minimum atomic E-state index is -4.71. The summed E-state index contributed by atoms with van der Waals surface area (Å²) >= 11 is 0. The van der Waals surface area contributed by atoms with Crippen molar-refractivity contribution in [1.29, 1.82) is 0 Å². The van der Waals surface area contributed by atoms with Crippen molar-refractivity contribution in [1.82, 2.24) is 0 Å². The second kappa shape index (κ2) is 2.69. The molecular weight excluding hydrogens is 165 g/mol. The molecule has 1 aliphatic rings. The van der Waals surface area contributed by atoms with E-state index in [9.17, 15) is 18.0 Å². The van der Waals surface area contributed by atoms with Crippen LogP contribution in [0.15, 0.2) is 0 Å². The Hall–Kier alpha value is -0.780. The fourth-order valence-electron chi connectivity index (χ4n) is 0.653. The zero-order valence-electron chi connectivity index (χ0n) is 5.22. The first-order valence-electron chi connectivity index (χ1n) is 2.75. The average molecular weight is 169 g/mol. The molecule has 0 aliphatic carbocycles. The summed E-state index contributed by atoms with van der Waals surface area (Å²) in [5.41, 5.74) is 0. The van der Waals surface area contributed by atoms with Crippen molar-refractivity contribution in [3.63, 3.8) is 0 Å². The molecule has 1 unspecified atom stereocenters. The quantitative estimate of drug-likeness (QED) is 0.549. The van der Waals surface area contributed by atoms with Gasteiger partial charge in [0.1, 0.15) is 6.10 Å². The predicted molar refractivity (Wildman–Crippen MR) is 25.9 cm³/mol. The first-order valence-corrected chi connectivity index (χ1v) is 2.75. The minimum Gasteiger partial charge on any atom is -0.455 e. The van der Waals surface area contributed by atoms with Crippen molar-refractivity contribution in [2.75, 3.05) is 0 Å². The van der Waals surface area contributed by atoms with Gasteiger partial charge in [0, 0.05) is 0 Å². The van der Waals surface area contributed by atoms with E-state index in [0.29, 0.717) is 0 Å². The van der Waals surface area contributed by atoms with Gasteiger partial charge in [0.05, 0.1) is 6.42 Å². The van der Waals surface area contributed by atoms with Gasteiger partial charge in [-0.2, -0.15) is 0 Å². The molecule has 3 nitrogen and oxygen atoms in total. The molecule has 0 aromatic carbocycles. The minimum absolute atomic E-state index is 0.375. The molecule has 11 heavy (non-hydrogen) atoms. The van der Waals surface area contributed by atoms with Crippen molar-refractivity contribution in [3.05, 3.63) is 6.61 Å². The second-order valence-electron chi connectivity index (χ2n) is 1.93. The number of ether oxygens (including phenoxy) is 2. The van der Waals surface area contributed by atoms with Crippen molar-refractivity contribution in [3.8, 4) is 0 Å². The first-order chi connectivity index (χ1) is 4.97. The van der Waals surface area contributed by atoms with Gasteiger partial charge < -0.3 is 4.74 Å². The van der Waals surface area contributed by atoms with Crippen LogP contribution in [-0.2, 0) is 14.3 Å². The summed E-state index contributed by atoms with van der Waals surface area (Å²) in [5.74, 6) is -0.709. The Balaban J connectivity index is 2.34. The first kappa shape index (κ1) is 8.32. The molecule has 0 spiro atoms.